The fourth-order valence-corrected chi connectivity index (χ4v) is 3.18. The van der Waals surface area contributed by atoms with Crippen molar-refractivity contribution in [2.24, 2.45) is 0 Å². The zero-order chi connectivity index (χ0) is 16.0. The molecule has 0 aliphatic carbocycles. The Balaban J connectivity index is 2.00. The number of esters is 1. The Hall–Kier alpha value is -2.59. The number of hydrogen-bond donors (Lipinski definition) is 1. The molecule has 0 saturated heterocycles. The molecular formula is C18H12ClNO3. The van der Waals surface area contributed by atoms with Crippen molar-refractivity contribution in [3.8, 4) is 5.75 Å². The van der Waals surface area contributed by atoms with Gasteiger partial charge in [0, 0.05) is 16.3 Å². The average molecular weight is 326 g/mol. The Labute approximate surface area is 136 Å². The molecule has 2 heterocycles. The summed E-state index contributed by atoms with van der Waals surface area (Å²) in [7, 11) is 0. The molecule has 114 valence electrons. The van der Waals surface area contributed by atoms with Crippen LogP contribution in [0.15, 0.2) is 53.3 Å². The molecule has 0 spiro atoms. The highest BCUT2D eigenvalue weighted by atomic mass is 35.5. The Morgan fingerprint density at radius 2 is 1.78 bits per heavy atom. The zero-order valence-electron chi connectivity index (χ0n) is 12.0. The van der Waals surface area contributed by atoms with Crippen molar-refractivity contribution >= 4 is 28.5 Å². The van der Waals surface area contributed by atoms with Crippen molar-refractivity contribution in [2.45, 2.75) is 12.3 Å². The summed E-state index contributed by atoms with van der Waals surface area (Å²) in [6, 6.07) is 14.5. The Morgan fingerprint density at radius 1 is 1.04 bits per heavy atom. The molecule has 1 aliphatic rings. The van der Waals surface area contributed by atoms with Gasteiger partial charge in [-0.25, -0.2) is 0 Å². The highest BCUT2D eigenvalue weighted by Crippen LogP contribution is 2.40. The first-order chi connectivity index (χ1) is 11.1. The molecule has 0 amide bonds. The van der Waals surface area contributed by atoms with E-state index in [-0.39, 0.29) is 23.9 Å². The lowest BCUT2D eigenvalue weighted by atomic mass is 9.86. The minimum atomic E-state index is -0.340. The van der Waals surface area contributed by atoms with E-state index in [1.54, 1.807) is 18.2 Å². The molecule has 0 unspecified atom stereocenters. The topological polar surface area (TPSA) is 59.2 Å². The number of pyridine rings is 1. The molecule has 4 rings (SSSR count). The summed E-state index contributed by atoms with van der Waals surface area (Å²) in [5.41, 5.74) is 1.78. The molecule has 0 radical (unpaired) electrons. The van der Waals surface area contributed by atoms with E-state index < -0.39 is 0 Å². The molecule has 1 N–H and O–H groups in total. The maximum Gasteiger partial charge on any atom is 0.312 e. The maximum absolute atomic E-state index is 12.6. The summed E-state index contributed by atoms with van der Waals surface area (Å²) in [5, 5.41) is 1.34. The molecule has 23 heavy (non-hydrogen) atoms. The van der Waals surface area contributed by atoms with E-state index in [0.29, 0.717) is 21.9 Å². The van der Waals surface area contributed by atoms with Crippen LogP contribution in [0.25, 0.3) is 10.9 Å². The van der Waals surface area contributed by atoms with Crippen molar-refractivity contribution in [2.75, 3.05) is 0 Å². The smallest absolute Gasteiger partial charge is 0.312 e. The van der Waals surface area contributed by atoms with Gasteiger partial charge in [0.1, 0.15) is 5.75 Å². The number of carbonyl (C=O) groups is 1. The van der Waals surface area contributed by atoms with Gasteiger partial charge < -0.3 is 9.72 Å². The van der Waals surface area contributed by atoms with E-state index in [1.165, 1.54) is 0 Å². The third kappa shape index (κ3) is 2.32. The van der Waals surface area contributed by atoms with Gasteiger partial charge in [0.25, 0.3) is 5.56 Å². The van der Waals surface area contributed by atoms with Gasteiger partial charge in [-0.3, -0.25) is 9.59 Å². The first kappa shape index (κ1) is 14.0. The largest absolute Gasteiger partial charge is 0.425 e. The molecule has 3 aromatic rings. The van der Waals surface area contributed by atoms with Crippen LogP contribution in [-0.4, -0.2) is 11.0 Å². The number of para-hydroxylation sites is 1. The second-order valence-corrected chi connectivity index (χ2v) is 5.96. The van der Waals surface area contributed by atoms with Crippen molar-refractivity contribution in [1.82, 2.24) is 4.98 Å². The first-order valence-corrected chi connectivity index (χ1v) is 7.62. The molecule has 2 aromatic carbocycles. The lowest BCUT2D eigenvalue weighted by molar-refractivity contribution is -0.135. The minimum Gasteiger partial charge on any atom is -0.425 e. The van der Waals surface area contributed by atoms with Crippen molar-refractivity contribution in [3.05, 3.63) is 75.0 Å². The zero-order valence-corrected chi connectivity index (χ0v) is 12.8. The monoisotopic (exact) mass is 325 g/mol. The van der Waals surface area contributed by atoms with Crippen LogP contribution in [0.2, 0.25) is 5.02 Å². The van der Waals surface area contributed by atoms with Crippen LogP contribution in [-0.2, 0) is 4.79 Å². The number of benzene rings is 2. The van der Waals surface area contributed by atoms with Crippen LogP contribution in [0.3, 0.4) is 0 Å². The number of halogens is 1. The van der Waals surface area contributed by atoms with E-state index in [9.17, 15) is 9.59 Å². The fraction of sp³-hybridized carbons (Fsp3) is 0.111. The molecule has 1 atom stereocenters. The summed E-state index contributed by atoms with van der Waals surface area (Å²) in [6.45, 7) is 0. The summed E-state index contributed by atoms with van der Waals surface area (Å²) in [5.74, 6) is -0.314. The van der Waals surface area contributed by atoms with E-state index in [1.807, 2.05) is 30.3 Å². The van der Waals surface area contributed by atoms with Crippen molar-refractivity contribution in [3.63, 3.8) is 0 Å². The summed E-state index contributed by atoms with van der Waals surface area (Å²) in [4.78, 5) is 27.5. The van der Waals surface area contributed by atoms with Crippen LogP contribution in [0.5, 0.6) is 5.75 Å². The number of ether oxygens (including phenoxy) is 1. The first-order valence-electron chi connectivity index (χ1n) is 7.24. The number of H-pyrrole nitrogens is 1. The van der Waals surface area contributed by atoms with Gasteiger partial charge in [-0.1, -0.05) is 35.9 Å². The second-order valence-electron chi connectivity index (χ2n) is 5.52. The van der Waals surface area contributed by atoms with Gasteiger partial charge in [0.05, 0.1) is 17.5 Å². The van der Waals surface area contributed by atoms with Gasteiger partial charge in [-0.15, -0.1) is 0 Å². The SMILES string of the molecule is O=C1C[C@@H](c2ccc(Cl)cc2)c2c(c3ccccc3[nH]c2=O)O1. The predicted octanol–water partition coefficient (Wildman–Crippen LogP) is 3.62. The number of carbonyl (C=O) groups excluding carboxylic acids is 1. The van der Waals surface area contributed by atoms with Gasteiger partial charge in [0.15, 0.2) is 0 Å². The number of nitrogens with one attached hydrogen (secondary N) is 1. The highest BCUT2D eigenvalue weighted by Gasteiger charge is 2.32. The van der Waals surface area contributed by atoms with E-state index in [0.717, 1.165) is 10.9 Å². The fourth-order valence-electron chi connectivity index (χ4n) is 3.06. The number of fused-ring (bicyclic) bond motifs is 3. The van der Waals surface area contributed by atoms with Crippen LogP contribution < -0.4 is 10.3 Å². The van der Waals surface area contributed by atoms with Crippen LogP contribution in [0, 0.1) is 0 Å². The maximum atomic E-state index is 12.6. The molecule has 5 heteroatoms. The molecule has 1 aromatic heterocycles. The molecule has 0 saturated carbocycles. The molecule has 4 nitrogen and oxygen atoms in total. The predicted molar refractivity (Wildman–Crippen MR) is 88.1 cm³/mol. The third-order valence-electron chi connectivity index (χ3n) is 4.12. The minimum absolute atomic E-state index is 0.135. The Morgan fingerprint density at radius 3 is 2.57 bits per heavy atom. The Kier molecular flexibility index (Phi) is 3.20. The summed E-state index contributed by atoms with van der Waals surface area (Å²) in [6.07, 6.45) is 0.135. The molecule has 0 fully saturated rings. The number of hydrogen-bond acceptors (Lipinski definition) is 3. The van der Waals surface area contributed by atoms with E-state index in [4.69, 9.17) is 16.3 Å². The summed E-state index contributed by atoms with van der Waals surface area (Å²) < 4.78 is 5.42. The van der Waals surface area contributed by atoms with Crippen LogP contribution in [0.1, 0.15) is 23.5 Å². The number of aromatic amines is 1. The van der Waals surface area contributed by atoms with E-state index in [2.05, 4.69) is 4.98 Å². The highest BCUT2D eigenvalue weighted by molar-refractivity contribution is 6.30. The lowest BCUT2D eigenvalue weighted by Crippen LogP contribution is -2.28. The quantitative estimate of drug-likeness (QED) is 0.695. The molecular weight excluding hydrogens is 314 g/mol. The molecule has 0 bridgehead atoms. The van der Waals surface area contributed by atoms with Gasteiger partial charge in [-0.05, 0) is 29.8 Å². The van der Waals surface area contributed by atoms with Gasteiger partial charge in [0.2, 0.25) is 0 Å². The molecule has 1 aliphatic heterocycles. The van der Waals surface area contributed by atoms with Crippen molar-refractivity contribution < 1.29 is 9.53 Å². The van der Waals surface area contributed by atoms with E-state index >= 15 is 0 Å². The average Bonchev–Trinajstić information content (AvgIpc) is 2.55. The van der Waals surface area contributed by atoms with Crippen molar-refractivity contribution in [1.29, 1.82) is 0 Å². The number of aromatic nitrogens is 1. The normalized spacial score (nSPS) is 16.9. The van der Waals surface area contributed by atoms with Gasteiger partial charge in [-0.2, -0.15) is 0 Å². The van der Waals surface area contributed by atoms with Crippen LogP contribution >= 0.6 is 11.6 Å². The second kappa shape index (κ2) is 5.25. The third-order valence-corrected chi connectivity index (χ3v) is 4.37. The standard InChI is InChI=1S/C18H12ClNO3/c19-11-7-5-10(6-8-11)13-9-15(21)23-17-12-3-1-2-4-14(12)20-18(22)16(13)17/h1-8,13H,9H2,(H,20,22)/t13-/m0/s1. The van der Waals surface area contributed by atoms with Gasteiger partial charge >= 0.3 is 5.97 Å². The Bertz CT molecular complexity index is 976. The lowest BCUT2D eigenvalue weighted by Gasteiger charge is -2.25. The summed E-state index contributed by atoms with van der Waals surface area (Å²) >= 11 is 5.93. The number of rotatable bonds is 1. The van der Waals surface area contributed by atoms with Crippen LogP contribution in [0.4, 0.5) is 0 Å².